The number of anilines is 2. The average Bonchev–Trinajstić information content (AvgIpc) is 3.19. The molecular formula is C22H22ClFN4O5. The maximum atomic E-state index is 13.5. The van der Waals surface area contributed by atoms with E-state index in [0.29, 0.717) is 40.3 Å². The summed E-state index contributed by atoms with van der Waals surface area (Å²) in [5, 5.41) is 22.8. The second-order valence-corrected chi connectivity index (χ2v) is 7.96. The molecule has 11 heteroatoms. The number of amides is 1. The number of β-amino-alcohol motifs (C(OH)–C–C–N with tert-alkyl or cyclic N) is 1. The van der Waals surface area contributed by atoms with E-state index in [-0.39, 0.29) is 18.2 Å². The number of methoxy groups -OCH3 is 1. The Morgan fingerprint density at radius 2 is 2.15 bits per heavy atom. The second kappa shape index (κ2) is 9.74. The molecule has 4 rings (SSSR count). The van der Waals surface area contributed by atoms with Gasteiger partial charge in [0.15, 0.2) is 0 Å². The number of nitrogens with one attached hydrogen (secondary N) is 1. The number of ether oxygens (including phenoxy) is 2. The molecule has 1 aliphatic rings. The number of aromatic nitrogens is 2. The number of hydrogen-bond donors (Lipinski definition) is 3. The fourth-order valence-electron chi connectivity index (χ4n) is 3.80. The maximum Gasteiger partial charge on any atom is 0.248 e. The molecule has 0 radical (unpaired) electrons. The maximum absolute atomic E-state index is 13.5. The Labute approximate surface area is 193 Å². The normalized spacial score (nSPS) is 17.9. The van der Waals surface area contributed by atoms with E-state index < -0.39 is 30.5 Å². The van der Waals surface area contributed by atoms with Gasteiger partial charge in [-0.2, -0.15) is 0 Å². The molecule has 2 atom stereocenters. The molecule has 1 aromatic heterocycles. The molecule has 33 heavy (non-hydrogen) atoms. The topological polar surface area (TPSA) is 117 Å². The number of carbonyl (C=O) groups excluding carboxylic acids is 1. The van der Waals surface area contributed by atoms with Crippen molar-refractivity contribution in [2.75, 3.05) is 32.2 Å². The standard InChI is InChI=1S/C22H22ClFN4O5/c1-32-15-6-18-21(22(26-11-25-18)27-12-2-3-17(24)16(23)4-12)19(7-15)33-10-13-5-14(30)8-28(13)20(31)9-29/h2-4,6-7,11,13-14,29-30H,5,8-10H2,1H3,(H,25,26,27). The first kappa shape index (κ1) is 23.0. The summed E-state index contributed by atoms with van der Waals surface area (Å²) in [5.41, 5.74) is 1.05. The van der Waals surface area contributed by atoms with E-state index in [1.807, 2.05) is 0 Å². The highest BCUT2D eigenvalue weighted by Crippen LogP contribution is 2.36. The number of likely N-dealkylation sites (tertiary alicyclic amines) is 1. The molecule has 2 unspecified atom stereocenters. The van der Waals surface area contributed by atoms with Crippen molar-refractivity contribution in [2.24, 2.45) is 0 Å². The van der Waals surface area contributed by atoms with Gasteiger partial charge in [-0.15, -0.1) is 0 Å². The highest BCUT2D eigenvalue weighted by molar-refractivity contribution is 6.31. The molecule has 0 spiro atoms. The molecule has 1 fully saturated rings. The summed E-state index contributed by atoms with van der Waals surface area (Å²) in [6, 6.07) is 7.17. The number of nitrogens with zero attached hydrogens (tertiary/aromatic N) is 3. The van der Waals surface area contributed by atoms with Crippen molar-refractivity contribution < 1.29 is 28.9 Å². The minimum atomic E-state index is -0.695. The van der Waals surface area contributed by atoms with Crippen LogP contribution in [0.15, 0.2) is 36.7 Å². The third-order valence-corrected chi connectivity index (χ3v) is 5.66. The van der Waals surface area contributed by atoms with Gasteiger partial charge in [-0.05, 0) is 24.6 Å². The van der Waals surface area contributed by atoms with E-state index in [1.165, 1.54) is 36.5 Å². The molecule has 2 aromatic carbocycles. The largest absolute Gasteiger partial charge is 0.497 e. The Bertz CT molecular complexity index is 1180. The molecule has 2 heterocycles. The summed E-state index contributed by atoms with van der Waals surface area (Å²) >= 11 is 5.90. The molecule has 3 N–H and O–H groups in total. The number of aliphatic hydroxyl groups excluding tert-OH is 2. The SMILES string of the molecule is COc1cc(OCC2CC(O)CN2C(=O)CO)c2c(Nc3ccc(F)c(Cl)c3)ncnc2c1. The van der Waals surface area contributed by atoms with E-state index in [0.717, 1.165) is 0 Å². The first-order valence-electron chi connectivity index (χ1n) is 10.2. The Kier molecular flexibility index (Phi) is 6.77. The van der Waals surface area contributed by atoms with Crippen LogP contribution >= 0.6 is 11.6 Å². The molecule has 1 aliphatic heterocycles. The highest BCUT2D eigenvalue weighted by atomic mass is 35.5. The number of rotatable bonds is 7. The van der Waals surface area contributed by atoms with E-state index >= 15 is 0 Å². The molecule has 3 aromatic rings. The van der Waals surface area contributed by atoms with Gasteiger partial charge >= 0.3 is 0 Å². The van der Waals surface area contributed by atoms with Crippen LogP contribution in [0, 0.1) is 5.82 Å². The average molecular weight is 477 g/mol. The van der Waals surface area contributed by atoms with Crippen LogP contribution in [0.25, 0.3) is 10.9 Å². The zero-order valence-corrected chi connectivity index (χ0v) is 18.4. The molecular weight excluding hydrogens is 455 g/mol. The smallest absolute Gasteiger partial charge is 0.248 e. The molecule has 0 bridgehead atoms. The van der Waals surface area contributed by atoms with Crippen LogP contribution in [0.4, 0.5) is 15.9 Å². The van der Waals surface area contributed by atoms with Crippen molar-refractivity contribution in [1.29, 1.82) is 0 Å². The Balaban J connectivity index is 1.67. The highest BCUT2D eigenvalue weighted by Gasteiger charge is 2.34. The van der Waals surface area contributed by atoms with Gasteiger partial charge < -0.3 is 29.9 Å². The Hall–Kier alpha value is -3.21. The van der Waals surface area contributed by atoms with Crippen LogP contribution in [-0.4, -0.2) is 70.0 Å². The summed E-state index contributed by atoms with van der Waals surface area (Å²) in [5.74, 6) is 0.272. The van der Waals surface area contributed by atoms with E-state index in [4.69, 9.17) is 21.1 Å². The third-order valence-electron chi connectivity index (χ3n) is 5.37. The van der Waals surface area contributed by atoms with E-state index in [1.54, 1.807) is 12.1 Å². The van der Waals surface area contributed by atoms with Crippen LogP contribution in [0.3, 0.4) is 0 Å². The summed E-state index contributed by atoms with van der Waals surface area (Å²) in [7, 11) is 1.51. The molecule has 1 saturated heterocycles. The van der Waals surface area contributed by atoms with Gasteiger partial charge in [-0.1, -0.05) is 11.6 Å². The number of carbonyl (C=O) groups is 1. The number of halogens is 2. The van der Waals surface area contributed by atoms with Gasteiger partial charge in [0.2, 0.25) is 5.91 Å². The zero-order valence-electron chi connectivity index (χ0n) is 17.7. The van der Waals surface area contributed by atoms with Crippen molar-refractivity contribution >= 4 is 39.9 Å². The van der Waals surface area contributed by atoms with Crippen LogP contribution in [-0.2, 0) is 4.79 Å². The minimum Gasteiger partial charge on any atom is -0.497 e. The number of benzene rings is 2. The summed E-state index contributed by atoms with van der Waals surface area (Å²) in [6.07, 6.45) is 0.997. The summed E-state index contributed by atoms with van der Waals surface area (Å²) in [4.78, 5) is 22.0. The van der Waals surface area contributed by atoms with Gasteiger partial charge in [0.1, 0.15) is 42.7 Å². The van der Waals surface area contributed by atoms with Crippen LogP contribution in [0.1, 0.15) is 6.42 Å². The minimum absolute atomic E-state index is 0.0371. The second-order valence-electron chi connectivity index (χ2n) is 7.55. The monoisotopic (exact) mass is 476 g/mol. The van der Waals surface area contributed by atoms with E-state index in [9.17, 15) is 19.4 Å². The summed E-state index contributed by atoms with van der Waals surface area (Å²) in [6.45, 7) is -0.442. The molecule has 1 amide bonds. The third kappa shape index (κ3) is 4.92. The van der Waals surface area contributed by atoms with Crippen LogP contribution in [0.5, 0.6) is 11.5 Å². The lowest BCUT2D eigenvalue weighted by Gasteiger charge is -2.24. The van der Waals surface area contributed by atoms with Crippen molar-refractivity contribution in [3.05, 3.63) is 47.5 Å². The fraction of sp³-hybridized carbons (Fsp3) is 0.318. The number of aliphatic hydroxyl groups is 2. The summed E-state index contributed by atoms with van der Waals surface area (Å²) < 4.78 is 25.0. The van der Waals surface area contributed by atoms with Crippen molar-refractivity contribution in [2.45, 2.75) is 18.6 Å². The number of fused-ring (bicyclic) bond motifs is 1. The van der Waals surface area contributed by atoms with Gasteiger partial charge in [-0.3, -0.25) is 4.79 Å². The molecule has 0 aliphatic carbocycles. The van der Waals surface area contributed by atoms with Gasteiger partial charge in [0, 0.05) is 24.4 Å². The lowest BCUT2D eigenvalue weighted by molar-refractivity contribution is -0.135. The van der Waals surface area contributed by atoms with Crippen molar-refractivity contribution in [1.82, 2.24) is 14.9 Å². The van der Waals surface area contributed by atoms with Crippen molar-refractivity contribution in [3.63, 3.8) is 0 Å². The van der Waals surface area contributed by atoms with Crippen molar-refractivity contribution in [3.8, 4) is 11.5 Å². The lowest BCUT2D eigenvalue weighted by Crippen LogP contribution is -2.40. The predicted molar refractivity (Wildman–Crippen MR) is 119 cm³/mol. The van der Waals surface area contributed by atoms with Crippen LogP contribution in [0.2, 0.25) is 5.02 Å². The quantitative estimate of drug-likeness (QED) is 0.476. The van der Waals surface area contributed by atoms with Gasteiger partial charge in [0.05, 0.1) is 35.2 Å². The molecule has 0 saturated carbocycles. The molecule has 174 valence electrons. The predicted octanol–water partition coefficient (Wildman–Crippen LogP) is 2.51. The Morgan fingerprint density at radius 3 is 2.88 bits per heavy atom. The number of hydrogen-bond acceptors (Lipinski definition) is 8. The first-order chi connectivity index (χ1) is 15.9. The molecule has 9 nitrogen and oxygen atoms in total. The van der Waals surface area contributed by atoms with Gasteiger partial charge in [0.25, 0.3) is 0 Å². The van der Waals surface area contributed by atoms with Gasteiger partial charge in [-0.25, -0.2) is 14.4 Å². The zero-order chi connectivity index (χ0) is 23.5. The first-order valence-corrected chi connectivity index (χ1v) is 10.5. The fourth-order valence-corrected chi connectivity index (χ4v) is 3.98. The Morgan fingerprint density at radius 1 is 1.33 bits per heavy atom. The van der Waals surface area contributed by atoms with Crippen LogP contribution < -0.4 is 14.8 Å². The van der Waals surface area contributed by atoms with E-state index in [2.05, 4.69) is 15.3 Å². The lowest BCUT2D eigenvalue weighted by atomic mass is 10.1.